The molecule has 1 N–H and O–H groups in total. The topological polar surface area (TPSA) is 86.3 Å². The van der Waals surface area contributed by atoms with E-state index in [0.29, 0.717) is 12.8 Å². The van der Waals surface area contributed by atoms with Gasteiger partial charge in [0.15, 0.2) is 0 Å². The maximum Gasteiger partial charge on any atom is 1.00 e. The minimum atomic E-state index is -4.26. The van der Waals surface area contributed by atoms with Crippen molar-refractivity contribution in [3.8, 4) is 0 Å². The van der Waals surface area contributed by atoms with E-state index in [1.165, 1.54) is 0 Å². The van der Waals surface area contributed by atoms with Crippen LogP contribution in [0.4, 0.5) is 0 Å². The van der Waals surface area contributed by atoms with E-state index in [4.69, 9.17) is 0 Å². The van der Waals surface area contributed by atoms with Gasteiger partial charge in [0.1, 0.15) is 0 Å². The van der Waals surface area contributed by atoms with Crippen LogP contribution in [0, 0.1) is 0 Å². The summed E-state index contributed by atoms with van der Waals surface area (Å²) >= 11 is 0. The molecule has 0 unspecified atom stereocenters. The Morgan fingerprint density at radius 1 is 0.828 bits per heavy atom. The van der Waals surface area contributed by atoms with Gasteiger partial charge in [-0.05, 0) is 44.9 Å². The smallest absolute Gasteiger partial charge is 0.748 e. The van der Waals surface area contributed by atoms with Crippen LogP contribution < -0.4 is 34.9 Å². The summed E-state index contributed by atoms with van der Waals surface area (Å²) in [5, 5.41) is 2.43. The second kappa shape index (κ2) is 21.8. The summed E-state index contributed by atoms with van der Waals surface area (Å²) in [6.45, 7) is 2.01. The normalized spacial score (nSPS) is 12.6. The van der Waals surface area contributed by atoms with Crippen molar-refractivity contribution in [1.29, 1.82) is 0 Å². The third-order valence-electron chi connectivity index (χ3n) is 3.61. The molecule has 7 heteroatoms. The van der Waals surface area contributed by atoms with Crippen molar-refractivity contribution in [3.63, 3.8) is 0 Å². The first-order chi connectivity index (χ1) is 13.5. The Bertz CT molecular complexity index is 650. The second-order valence-electron chi connectivity index (χ2n) is 6.21. The van der Waals surface area contributed by atoms with Crippen molar-refractivity contribution < 1.29 is 47.3 Å². The molecule has 158 valence electrons. The molecule has 0 aliphatic heterocycles. The molecule has 0 heterocycles. The van der Waals surface area contributed by atoms with Crippen LogP contribution in [0.3, 0.4) is 0 Å². The summed E-state index contributed by atoms with van der Waals surface area (Å²) in [4.78, 5) is 11.4. The maximum atomic E-state index is 11.4. The van der Waals surface area contributed by atoms with E-state index in [9.17, 15) is 17.8 Å². The number of rotatable bonds is 16. The van der Waals surface area contributed by atoms with Gasteiger partial charge in [-0.25, -0.2) is 8.42 Å². The van der Waals surface area contributed by atoms with Gasteiger partial charge in [0.25, 0.3) is 0 Å². The van der Waals surface area contributed by atoms with E-state index >= 15 is 0 Å². The summed E-state index contributed by atoms with van der Waals surface area (Å²) in [6, 6.07) is 0. The number of hydrogen-bond donors (Lipinski definition) is 1. The van der Waals surface area contributed by atoms with Crippen molar-refractivity contribution in [1.82, 2.24) is 5.32 Å². The Morgan fingerprint density at radius 3 is 1.72 bits per heavy atom. The van der Waals surface area contributed by atoms with E-state index in [0.717, 1.165) is 38.5 Å². The molecular formula is C22H34NNaO4S. The van der Waals surface area contributed by atoms with Crippen LogP contribution in [-0.2, 0) is 14.9 Å². The summed E-state index contributed by atoms with van der Waals surface area (Å²) in [6.07, 6.45) is 28.0. The van der Waals surface area contributed by atoms with Gasteiger partial charge in [-0.2, -0.15) is 0 Å². The molecule has 0 aliphatic carbocycles. The number of carbonyl (C=O) groups is 1. The Labute approximate surface area is 199 Å². The van der Waals surface area contributed by atoms with Crippen molar-refractivity contribution >= 4 is 16.0 Å². The first-order valence-electron chi connectivity index (χ1n) is 9.91. The molecule has 0 aromatic rings. The van der Waals surface area contributed by atoms with E-state index in [2.05, 4.69) is 66.9 Å². The first-order valence-corrected chi connectivity index (χ1v) is 11.5. The third-order valence-corrected chi connectivity index (χ3v) is 4.31. The van der Waals surface area contributed by atoms with Gasteiger partial charge in [-0.1, -0.05) is 67.7 Å². The zero-order valence-electron chi connectivity index (χ0n) is 17.9. The fourth-order valence-corrected chi connectivity index (χ4v) is 2.50. The summed E-state index contributed by atoms with van der Waals surface area (Å²) in [5.41, 5.74) is 0. The number of nitrogens with one attached hydrogen (secondary N) is 1. The second-order valence-corrected chi connectivity index (χ2v) is 7.74. The van der Waals surface area contributed by atoms with E-state index in [-0.39, 0.29) is 42.0 Å². The number of unbranched alkanes of at least 4 members (excludes halogenated alkanes) is 1. The number of carbonyl (C=O) groups excluding carboxylic acids is 1. The SMILES string of the molecule is CC/C=C\C/C=C\C/C=C\C/C=C\C/C=C\CCCC(=O)NCCS(=O)(=O)[O-].[Na+]. The molecule has 0 spiro atoms. The van der Waals surface area contributed by atoms with Crippen molar-refractivity contribution in [2.24, 2.45) is 0 Å². The minimum Gasteiger partial charge on any atom is -0.748 e. The van der Waals surface area contributed by atoms with Crippen LogP contribution in [0.2, 0.25) is 0 Å². The quantitative estimate of drug-likeness (QED) is 0.174. The van der Waals surface area contributed by atoms with Crippen LogP contribution in [0.15, 0.2) is 60.8 Å². The van der Waals surface area contributed by atoms with Crippen molar-refractivity contribution in [2.45, 2.75) is 58.3 Å². The van der Waals surface area contributed by atoms with Crippen LogP contribution in [0.1, 0.15) is 58.3 Å². The molecule has 0 bridgehead atoms. The standard InChI is InChI=1S/C22H35NO4S.Na/c1-2-3-4-5-6-7-8-9-10-11-12-13-14-15-16-17-18-19-22(24)23-20-21-28(25,26)27;/h3-4,6-7,9-10,12-13,15-16H,2,5,8,11,14,17-21H2,1H3,(H,23,24)(H,25,26,27);/q;+1/p-1/b4-3-,7-6-,10-9-,13-12-,16-15-;. The van der Waals surface area contributed by atoms with Gasteiger partial charge in [0.05, 0.1) is 15.9 Å². The molecule has 5 nitrogen and oxygen atoms in total. The molecule has 0 fully saturated rings. The molecule has 0 atom stereocenters. The molecule has 0 radical (unpaired) electrons. The van der Waals surface area contributed by atoms with Crippen LogP contribution in [0.25, 0.3) is 0 Å². The minimum absolute atomic E-state index is 0. The predicted molar refractivity (Wildman–Crippen MR) is 116 cm³/mol. The van der Waals surface area contributed by atoms with Crippen LogP contribution in [0.5, 0.6) is 0 Å². The molecule has 0 aliphatic rings. The van der Waals surface area contributed by atoms with Gasteiger partial charge in [-0.15, -0.1) is 0 Å². The predicted octanol–water partition coefficient (Wildman–Crippen LogP) is 1.57. The van der Waals surface area contributed by atoms with Crippen LogP contribution >= 0.6 is 0 Å². The molecule has 0 saturated heterocycles. The number of amides is 1. The molecule has 0 aromatic heterocycles. The fraction of sp³-hybridized carbons (Fsp3) is 0.500. The van der Waals surface area contributed by atoms with Crippen LogP contribution in [-0.4, -0.2) is 31.2 Å². The monoisotopic (exact) mass is 431 g/mol. The Morgan fingerprint density at radius 2 is 1.28 bits per heavy atom. The van der Waals surface area contributed by atoms with Gasteiger partial charge >= 0.3 is 29.6 Å². The number of hydrogen-bond acceptors (Lipinski definition) is 4. The average Bonchev–Trinajstić information content (AvgIpc) is 2.63. The van der Waals surface area contributed by atoms with Gasteiger partial charge < -0.3 is 9.87 Å². The molecule has 1 amide bonds. The Balaban J connectivity index is 0. The molecule has 0 rings (SSSR count). The van der Waals surface area contributed by atoms with E-state index < -0.39 is 15.9 Å². The average molecular weight is 432 g/mol. The zero-order chi connectivity index (χ0) is 20.9. The molecular weight excluding hydrogens is 397 g/mol. The summed E-state index contributed by atoms with van der Waals surface area (Å²) in [5.74, 6) is -0.788. The fourth-order valence-electron chi connectivity index (χ4n) is 2.15. The maximum absolute atomic E-state index is 11.4. The summed E-state index contributed by atoms with van der Waals surface area (Å²) in [7, 11) is -4.26. The zero-order valence-corrected chi connectivity index (χ0v) is 20.7. The summed E-state index contributed by atoms with van der Waals surface area (Å²) < 4.78 is 31.2. The Hall–Kier alpha value is -0.920. The van der Waals surface area contributed by atoms with E-state index in [1.807, 2.05) is 6.08 Å². The Kier molecular flexibility index (Phi) is 22.7. The first kappa shape index (κ1) is 30.3. The van der Waals surface area contributed by atoms with Gasteiger partial charge in [0.2, 0.25) is 5.91 Å². The molecule has 0 saturated carbocycles. The van der Waals surface area contributed by atoms with Gasteiger partial charge in [-0.3, -0.25) is 4.79 Å². The number of allylic oxidation sites excluding steroid dienone is 10. The molecule has 0 aromatic carbocycles. The third kappa shape index (κ3) is 27.1. The van der Waals surface area contributed by atoms with Crippen molar-refractivity contribution in [2.75, 3.05) is 12.3 Å². The largest absolute Gasteiger partial charge is 1.00 e. The van der Waals surface area contributed by atoms with Crippen molar-refractivity contribution in [3.05, 3.63) is 60.8 Å². The van der Waals surface area contributed by atoms with E-state index in [1.54, 1.807) is 0 Å². The molecule has 29 heavy (non-hydrogen) atoms. The van der Waals surface area contributed by atoms with Gasteiger partial charge in [0, 0.05) is 13.0 Å².